The number of nitrogens with one attached hydrogen (secondary N) is 2. The van der Waals surface area contributed by atoms with E-state index in [-0.39, 0.29) is 36.0 Å². The van der Waals surface area contributed by atoms with Gasteiger partial charge in [0.05, 0.1) is 28.5 Å². The van der Waals surface area contributed by atoms with Gasteiger partial charge < -0.3 is 20.1 Å². The van der Waals surface area contributed by atoms with Crippen LogP contribution in [0.15, 0.2) is 71.8 Å². The molecule has 1 atom stereocenters. The molecule has 3 heterocycles. The SMILES string of the molecule is CCC(c1ccc2c(c1)N(C)C(=O)C(C)(C)C(=O)N2)N(CCc1cccnc1)C(=O)Cn1c(=O)[nH]c2ccccc21. The maximum absolute atomic E-state index is 14.0. The highest BCUT2D eigenvalue weighted by molar-refractivity contribution is 6.19. The van der Waals surface area contributed by atoms with Crippen molar-refractivity contribution >= 4 is 40.1 Å². The number of anilines is 2. The number of carbonyl (C=O) groups excluding carboxylic acids is 3. The fourth-order valence-corrected chi connectivity index (χ4v) is 5.42. The van der Waals surface area contributed by atoms with Gasteiger partial charge in [0.15, 0.2) is 0 Å². The largest absolute Gasteiger partial charge is 0.334 e. The van der Waals surface area contributed by atoms with E-state index < -0.39 is 5.41 Å². The van der Waals surface area contributed by atoms with Crippen LogP contribution in [0.4, 0.5) is 11.4 Å². The Bertz CT molecular complexity index is 1670. The van der Waals surface area contributed by atoms with Crippen LogP contribution in [0.5, 0.6) is 0 Å². The number of imidazole rings is 1. The lowest BCUT2D eigenvalue weighted by molar-refractivity contribution is -0.136. The molecule has 3 amide bonds. The Morgan fingerprint density at radius 3 is 2.59 bits per heavy atom. The third kappa shape index (κ3) is 5.25. The molecule has 0 aliphatic carbocycles. The Morgan fingerprint density at radius 2 is 1.85 bits per heavy atom. The van der Waals surface area contributed by atoms with E-state index >= 15 is 0 Å². The van der Waals surface area contributed by atoms with Gasteiger partial charge in [-0.15, -0.1) is 0 Å². The monoisotopic (exact) mass is 554 g/mol. The summed E-state index contributed by atoms with van der Waals surface area (Å²) in [4.78, 5) is 63.0. The summed E-state index contributed by atoms with van der Waals surface area (Å²) in [6.07, 6.45) is 4.65. The van der Waals surface area contributed by atoms with E-state index in [9.17, 15) is 19.2 Å². The van der Waals surface area contributed by atoms with Gasteiger partial charge >= 0.3 is 5.69 Å². The summed E-state index contributed by atoms with van der Waals surface area (Å²) in [6.45, 7) is 5.48. The second kappa shape index (κ2) is 11.0. The summed E-state index contributed by atoms with van der Waals surface area (Å²) in [7, 11) is 1.66. The van der Waals surface area contributed by atoms with Gasteiger partial charge in [-0.1, -0.05) is 31.2 Å². The van der Waals surface area contributed by atoms with Crippen molar-refractivity contribution in [2.24, 2.45) is 5.41 Å². The molecule has 1 aliphatic heterocycles. The van der Waals surface area contributed by atoms with Gasteiger partial charge in [0.2, 0.25) is 17.7 Å². The molecule has 212 valence electrons. The molecule has 0 spiro atoms. The molecule has 5 rings (SSSR count). The summed E-state index contributed by atoms with van der Waals surface area (Å²) >= 11 is 0. The van der Waals surface area contributed by atoms with E-state index in [4.69, 9.17) is 0 Å². The van der Waals surface area contributed by atoms with E-state index in [1.807, 2.05) is 49.4 Å². The molecule has 4 aromatic rings. The van der Waals surface area contributed by atoms with Gasteiger partial charge in [0, 0.05) is 26.0 Å². The first-order valence-corrected chi connectivity index (χ1v) is 13.7. The van der Waals surface area contributed by atoms with Crippen LogP contribution in [0.25, 0.3) is 11.0 Å². The van der Waals surface area contributed by atoms with Crippen LogP contribution in [0, 0.1) is 5.41 Å². The smallest absolute Gasteiger partial charge is 0.326 e. The molecule has 2 N–H and O–H groups in total. The maximum Gasteiger partial charge on any atom is 0.326 e. The number of H-pyrrole nitrogens is 1. The zero-order chi connectivity index (χ0) is 29.3. The van der Waals surface area contributed by atoms with Gasteiger partial charge in [-0.2, -0.15) is 0 Å². The number of nitrogens with zero attached hydrogens (tertiary/aromatic N) is 4. The van der Waals surface area contributed by atoms with Crippen molar-refractivity contribution in [2.75, 3.05) is 23.8 Å². The first-order valence-electron chi connectivity index (χ1n) is 13.7. The molecular formula is C31H34N6O4. The number of pyridine rings is 1. The number of hydrogen-bond donors (Lipinski definition) is 2. The number of carbonyl (C=O) groups is 3. The van der Waals surface area contributed by atoms with E-state index in [1.54, 1.807) is 50.3 Å². The first-order chi connectivity index (χ1) is 19.6. The first kappa shape index (κ1) is 27.8. The van der Waals surface area contributed by atoms with Crippen LogP contribution < -0.4 is 15.9 Å². The summed E-state index contributed by atoms with van der Waals surface area (Å²) in [6, 6.07) is 16.3. The Balaban J connectivity index is 1.52. The molecule has 2 aromatic carbocycles. The number of aromatic nitrogens is 3. The Hall–Kier alpha value is -4.73. The van der Waals surface area contributed by atoms with Crippen LogP contribution in [0.1, 0.15) is 44.4 Å². The van der Waals surface area contributed by atoms with Gasteiger partial charge in [-0.3, -0.25) is 23.9 Å². The number of fused-ring (bicyclic) bond motifs is 2. The fraction of sp³-hybridized carbons (Fsp3) is 0.323. The lowest BCUT2D eigenvalue weighted by Gasteiger charge is -2.33. The molecular weight excluding hydrogens is 520 g/mol. The van der Waals surface area contributed by atoms with Crippen LogP contribution in [-0.4, -0.2) is 50.7 Å². The number of amides is 3. The van der Waals surface area contributed by atoms with Crippen molar-refractivity contribution in [3.8, 4) is 0 Å². The predicted octanol–water partition coefficient (Wildman–Crippen LogP) is 3.89. The number of rotatable bonds is 8. The normalized spacial score (nSPS) is 15.3. The highest BCUT2D eigenvalue weighted by Crippen LogP contribution is 2.37. The van der Waals surface area contributed by atoms with Crippen molar-refractivity contribution in [3.05, 3.63) is 88.6 Å². The Morgan fingerprint density at radius 1 is 1.07 bits per heavy atom. The molecule has 10 heteroatoms. The van der Waals surface area contributed by atoms with E-state index in [0.717, 1.165) is 11.1 Å². The van der Waals surface area contributed by atoms with E-state index in [0.29, 0.717) is 41.8 Å². The molecule has 2 aromatic heterocycles. The van der Waals surface area contributed by atoms with Gasteiger partial charge in [0.25, 0.3) is 0 Å². The highest BCUT2D eigenvalue weighted by atomic mass is 16.2. The maximum atomic E-state index is 14.0. The topological polar surface area (TPSA) is 120 Å². The number of para-hydroxylation sites is 2. The third-order valence-corrected chi connectivity index (χ3v) is 7.85. The number of aromatic amines is 1. The number of benzene rings is 2. The minimum atomic E-state index is -1.23. The molecule has 0 saturated carbocycles. The van der Waals surface area contributed by atoms with Gasteiger partial charge in [-0.25, -0.2) is 4.79 Å². The predicted molar refractivity (Wildman–Crippen MR) is 158 cm³/mol. The van der Waals surface area contributed by atoms with Crippen molar-refractivity contribution < 1.29 is 14.4 Å². The van der Waals surface area contributed by atoms with Gasteiger partial charge in [-0.05, 0) is 68.1 Å². The lowest BCUT2D eigenvalue weighted by Crippen LogP contribution is -2.43. The van der Waals surface area contributed by atoms with Gasteiger partial charge in [0.1, 0.15) is 12.0 Å². The second-order valence-corrected chi connectivity index (χ2v) is 10.9. The molecule has 0 saturated heterocycles. The Labute approximate surface area is 238 Å². The fourth-order valence-electron chi connectivity index (χ4n) is 5.42. The quantitative estimate of drug-likeness (QED) is 0.320. The zero-order valence-corrected chi connectivity index (χ0v) is 23.7. The molecule has 10 nitrogen and oxygen atoms in total. The average molecular weight is 555 g/mol. The minimum absolute atomic E-state index is 0.125. The molecule has 0 bridgehead atoms. The Kier molecular flexibility index (Phi) is 7.49. The van der Waals surface area contributed by atoms with Crippen LogP contribution in [-0.2, 0) is 27.3 Å². The highest BCUT2D eigenvalue weighted by Gasteiger charge is 2.42. The van der Waals surface area contributed by atoms with E-state index in [2.05, 4.69) is 15.3 Å². The number of hydrogen-bond acceptors (Lipinski definition) is 5. The zero-order valence-electron chi connectivity index (χ0n) is 23.7. The third-order valence-electron chi connectivity index (χ3n) is 7.85. The van der Waals surface area contributed by atoms with E-state index in [1.165, 1.54) is 9.47 Å². The summed E-state index contributed by atoms with van der Waals surface area (Å²) in [5, 5.41) is 2.88. The average Bonchev–Trinajstić information content (AvgIpc) is 3.26. The van der Waals surface area contributed by atoms with Crippen LogP contribution in [0.2, 0.25) is 0 Å². The van der Waals surface area contributed by atoms with Crippen LogP contribution in [0.3, 0.4) is 0 Å². The molecule has 0 radical (unpaired) electrons. The van der Waals surface area contributed by atoms with Crippen molar-refractivity contribution in [2.45, 2.75) is 46.2 Å². The molecule has 0 fully saturated rings. The standard InChI is InChI=1S/C31H34N6O4/c1-5-24(21-12-13-23-26(17-21)35(4)29(40)31(2,3)28(39)33-23)36(16-14-20-9-8-15-32-18-20)27(38)19-37-25-11-7-6-10-22(25)34-30(37)41/h6-13,15,17-18,24H,5,14,16,19H2,1-4H3,(H,33,39)(H,34,41). The lowest BCUT2D eigenvalue weighted by atomic mass is 9.91. The molecule has 1 unspecified atom stereocenters. The second-order valence-electron chi connectivity index (χ2n) is 10.9. The minimum Gasteiger partial charge on any atom is -0.334 e. The van der Waals surface area contributed by atoms with Crippen molar-refractivity contribution in [1.82, 2.24) is 19.4 Å². The van der Waals surface area contributed by atoms with Crippen LogP contribution >= 0.6 is 0 Å². The molecule has 41 heavy (non-hydrogen) atoms. The van der Waals surface area contributed by atoms with Crippen molar-refractivity contribution in [3.63, 3.8) is 0 Å². The molecule has 1 aliphatic rings. The van der Waals surface area contributed by atoms with Crippen molar-refractivity contribution in [1.29, 1.82) is 0 Å². The summed E-state index contributed by atoms with van der Waals surface area (Å²) < 4.78 is 1.46. The summed E-state index contributed by atoms with van der Waals surface area (Å²) in [5.74, 6) is -0.895. The summed E-state index contributed by atoms with van der Waals surface area (Å²) in [5.41, 5.74) is 2.68.